The molecule has 0 amide bonds. The Balaban J connectivity index is 2.46. The van der Waals surface area contributed by atoms with Gasteiger partial charge >= 0.3 is 0 Å². The van der Waals surface area contributed by atoms with E-state index in [1.807, 2.05) is 0 Å². The van der Waals surface area contributed by atoms with E-state index in [0.717, 1.165) is 6.20 Å². The van der Waals surface area contributed by atoms with Crippen LogP contribution in [0.3, 0.4) is 0 Å². The molecule has 0 bridgehead atoms. The van der Waals surface area contributed by atoms with Crippen molar-refractivity contribution < 1.29 is 9.50 Å². The van der Waals surface area contributed by atoms with Crippen LogP contribution in [0.25, 0.3) is 0 Å². The molecule has 2 rings (SSSR count). The second-order valence-electron chi connectivity index (χ2n) is 3.68. The lowest BCUT2D eigenvalue weighted by Gasteiger charge is -2.21. The highest BCUT2D eigenvalue weighted by Gasteiger charge is 2.30. The highest BCUT2D eigenvalue weighted by molar-refractivity contribution is 5.24. The zero-order valence-corrected chi connectivity index (χ0v) is 8.92. The van der Waals surface area contributed by atoms with Gasteiger partial charge in [-0.15, -0.1) is 5.10 Å². The fraction of sp³-hybridized carbons (Fsp3) is 0.300. The van der Waals surface area contributed by atoms with Gasteiger partial charge in [-0.1, -0.05) is 5.21 Å². The van der Waals surface area contributed by atoms with Crippen LogP contribution in [0.1, 0.15) is 18.3 Å². The molecule has 0 aliphatic heterocycles. The van der Waals surface area contributed by atoms with E-state index in [4.69, 9.17) is 0 Å². The van der Waals surface area contributed by atoms with Gasteiger partial charge in [-0.25, -0.2) is 9.07 Å². The molecule has 0 radical (unpaired) electrons. The van der Waals surface area contributed by atoms with Crippen LogP contribution in [0, 0.1) is 5.82 Å². The van der Waals surface area contributed by atoms with Crippen LogP contribution in [-0.4, -0.2) is 25.1 Å². The van der Waals surface area contributed by atoms with Crippen molar-refractivity contribution >= 4 is 0 Å². The summed E-state index contributed by atoms with van der Waals surface area (Å²) in [6.07, 6.45) is 2.51. The van der Waals surface area contributed by atoms with Crippen molar-refractivity contribution in [1.82, 2.24) is 20.0 Å². The fourth-order valence-electron chi connectivity index (χ4n) is 1.53. The summed E-state index contributed by atoms with van der Waals surface area (Å²) >= 11 is 0. The van der Waals surface area contributed by atoms with Gasteiger partial charge < -0.3 is 5.11 Å². The van der Waals surface area contributed by atoms with Crippen LogP contribution in [0.4, 0.5) is 4.39 Å². The Morgan fingerprint density at radius 3 is 2.62 bits per heavy atom. The van der Waals surface area contributed by atoms with E-state index in [-0.39, 0.29) is 0 Å². The molecule has 1 N–H and O–H groups in total. The molecule has 84 valence electrons. The Hall–Kier alpha value is -1.82. The maximum absolute atomic E-state index is 12.7. The zero-order valence-electron chi connectivity index (χ0n) is 8.92. The molecule has 1 atom stereocenters. The van der Waals surface area contributed by atoms with Crippen LogP contribution >= 0.6 is 0 Å². The van der Waals surface area contributed by atoms with Gasteiger partial charge in [-0.2, -0.15) is 0 Å². The molecule has 0 saturated heterocycles. The predicted octanol–water partition coefficient (Wildman–Crippen LogP) is 0.605. The molecule has 0 fully saturated rings. The summed E-state index contributed by atoms with van der Waals surface area (Å²) in [5, 5.41) is 17.7. The fourth-order valence-corrected chi connectivity index (χ4v) is 1.53. The van der Waals surface area contributed by atoms with Crippen LogP contribution in [0.5, 0.6) is 0 Å². The molecular weight excluding hydrogens is 211 g/mol. The lowest BCUT2D eigenvalue weighted by molar-refractivity contribution is 0.0880. The van der Waals surface area contributed by atoms with Crippen LogP contribution < -0.4 is 0 Å². The summed E-state index contributed by atoms with van der Waals surface area (Å²) in [7, 11) is 1.67. The number of halogens is 1. The first-order valence-electron chi connectivity index (χ1n) is 4.71. The first kappa shape index (κ1) is 10.7. The molecule has 0 aromatic carbocycles. The van der Waals surface area contributed by atoms with Gasteiger partial charge in [0.2, 0.25) is 0 Å². The first-order chi connectivity index (χ1) is 7.51. The Bertz CT molecular complexity index is 492. The van der Waals surface area contributed by atoms with Crippen molar-refractivity contribution in [2.45, 2.75) is 12.5 Å². The van der Waals surface area contributed by atoms with E-state index in [1.165, 1.54) is 23.0 Å². The van der Waals surface area contributed by atoms with Crippen molar-refractivity contribution in [2.75, 3.05) is 0 Å². The van der Waals surface area contributed by atoms with Crippen molar-refractivity contribution in [3.63, 3.8) is 0 Å². The Morgan fingerprint density at radius 2 is 2.12 bits per heavy atom. The minimum Gasteiger partial charge on any atom is -0.377 e. The molecule has 0 aliphatic carbocycles. The summed E-state index contributed by atoms with van der Waals surface area (Å²) in [6.45, 7) is 1.56. The molecule has 1 unspecified atom stereocenters. The van der Waals surface area contributed by atoms with Gasteiger partial charge in [-0.05, 0) is 19.1 Å². The van der Waals surface area contributed by atoms with Gasteiger partial charge in [0, 0.05) is 7.05 Å². The lowest BCUT2D eigenvalue weighted by atomic mass is 9.98. The van der Waals surface area contributed by atoms with E-state index < -0.39 is 11.4 Å². The van der Waals surface area contributed by atoms with Gasteiger partial charge in [0.15, 0.2) is 0 Å². The molecule has 5 nitrogen and oxygen atoms in total. The second kappa shape index (κ2) is 3.64. The van der Waals surface area contributed by atoms with Gasteiger partial charge in [-0.3, -0.25) is 4.98 Å². The predicted molar refractivity (Wildman–Crippen MR) is 53.9 cm³/mol. The third-order valence-corrected chi connectivity index (χ3v) is 2.44. The number of aromatic nitrogens is 4. The Kier molecular flexibility index (Phi) is 2.43. The molecule has 2 aromatic heterocycles. The third-order valence-electron chi connectivity index (χ3n) is 2.44. The smallest absolute Gasteiger partial charge is 0.147 e. The number of nitrogens with zero attached hydrogens (tertiary/aromatic N) is 4. The summed E-state index contributed by atoms with van der Waals surface area (Å²) in [5.41, 5.74) is -0.503. The molecular formula is C10H11FN4O. The molecule has 0 saturated carbocycles. The van der Waals surface area contributed by atoms with E-state index in [0.29, 0.717) is 11.4 Å². The van der Waals surface area contributed by atoms with Crippen molar-refractivity contribution in [2.24, 2.45) is 7.05 Å². The minimum absolute atomic E-state index is 0.347. The summed E-state index contributed by atoms with van der Waals surface area (Å²) < 4.78 is 14.2. The summed E-state index contributed by atoms with van der Waals surface area (Å²) in [4.78, 5) is 3.85. The van der Waals surface area contributed by atoms with Crippen molar-refractivity contribution in [3.05, 3.63) is 41.7 Å². The van der Waals surface area contributed by atoms with Gasteiger partial charge in [0.05, 0.1) is 23.8 Å². The number of aliphatic hydroxyl groups is 1. The van der Waals surface area contributed by atoms with E-state index >= 15 is 0 Å². The van der Waals surface area contributed by atoms with Crippen LogP contribution in [-0.2, 0) is 12.6 Å². The quantitative estimate of drug-likeness (QED) is 0.808. The highest BCUT2D eigenvalue weighted by atomic mass is 19.1. The average molecular weight is 222 g/mol. The molecule has 2 heterocycles. The van der Waals surface area contributed by atoms with Gasteiger partial charge in [0.1, 0.15) is 11.4 Å². The maximum Gasteiger partial charge on any atom is 0.147 e. The maximum atomic E-state index is 12.7. The average Bonchev–Trinajstić information content (AvgIpc) is 2.66. The van der Waals surface area contributed by atoms with E-state index in [1.54, 1.807) is 14.0 Å². The SMILES string of the molecule is Cn1nncc1C(C)(O)c1ccc(F)cn1. The number of rotatable bonds is 2. The number of hydrogen-bond donors (Lipinski definition) is 1. The van der Waals surface area contributed by atoms with Crippen molar-refractivity contribution in [3.8, 4) is 0 Å². The summed E-state index contributed by atoms with van der Waals surface area (Å²) in [5.74, 6) is -0.442. The lowest BCUT2D eigenvalue weighted by Crippen LogP contribution is -2.27. The van der Waals surface area contributed by atoms with Gasteiger partial charge in [0.25, 0.3) is 0 Å². The Morgan fingerprint density at radius 1 is 1.38 bits per heavy atom. The van der Waals surface area contributed by atoms with E-state index in [2.05, 4.69) is 15.3 Å². The zero-order chi connectivity index (χ0) is 11.8. The third kappa shape index (κ3) is 1.67. The molecule has 2 aromatic rings. The number of aryl methyl sites for hydroxylation is 1. The largest absolute Gasteiger partial charge is 0.377 e. The normalized spacial score (nSPS) is 14.8. The van der Waals surface area contributed by atoms with Crippen molar-refractivity contribution in [1.29, 1.82) is 0 Å². The molecule has 0 aliphatic rings. The summed E-state index contributed by atoms with van der Waals surface area (Å²) in [6, 6.07) is 2.68. The first-order valence-corrected chi connectivity index (χ1v) is 4.71. The second-order valence-corrected chi connectivity index (χ2v) is 3.68. The van der Waals surface area contributed by atoms with Crippen LogP contribution in [0.15, 0.2) is 24.5 Å². The Labute approximate surface area is 91.6 Å². The minimum atomic E-state index is -1.34. The number of pyridine rings is 1. The van der Waals surface area contributed by atoms with Crippen LogP contribution in [0.2, 0.25) is 0 Å². The molecule has 6 heteroatoms. The highest BCUT2D eigenvalue weighted by Crippen LogP contribution is 2.26. The standard InChI is InChI=1S/C10H11FN4O/c1-10(16,9-6-13-14-15(9)2)8-4-3-7(11)5-12-8/h3-6,16H,1-2H3. The monoisotopic (exact) mass is 222 g/mol. The molecule has 0 spiro atoms. The number of hydrogen-bond acceptors (Lipinski definition) is 4. The van der Waals surface area contributed by atoms with E-state index in [9.17, 15) is 9.50 Å². The topological polar surface area (TPSA) is 63.8 Å². The molecule has 16 heavy (non-hydrogen) atoms.